The van der Waals surface area contributed by atoms with Gasteiger partial charge in [0.2, 0.25) is 5.79 Å². The maximum absolute atomic E-state index is 14.2. The zero-order chi connectivity index (χ0) is 45.7. The van der Waals surface area contributed by atoms with Gasteiger partial charge in [-0.25, -0.2) is 4.79 Å². The number of fused-ring (bicyclic) bond motifs is 3. The van der Waals surface area contributed by atoms with E-state index in [-0.39, 0.29) is 48.9 Å². The van der Waals surface area contributed by atoms with Crippen molar-refractivity contribution in [1.29, 1.82) is 0 Å². The van der Waals surface area contributed by atoms with Gasteiger partial charge in [-0.2, -0.15) is 0 Å². The summed E-state index contributed by atoms with van der Waals surface area (Å²) in [5, 5.41) is 33.5. The molecule has 2 bridgehead atoms. The van der Waals surface area contributed by atoms with Gasteiger partial charge in [-0.05, 0) is 115 Å². The van der Waals surface area contributed by atoms with E-state index in [9.17, 15) is 39.3 Å². The molecule has 1 saturated carbocycles. The van der Waals surface area contributed by atoms with E-state index in [2.05, 4.69) is 0 Å². The summed E-state index contributed by atoms with van der Waals surface area (Å²) in [5.74, 6) is -7.26. The molecule has 0 radical (unpaired) electrons. The Morgan fingerprint density at radius 3 is 2.31 bits per heavy atom. The van der Waals surface area contributed by atoms with Gasteiger partial charge in [-0.3, -0.25) is 19.2 Å². The Balaban J connectivity index is 1.64. The molecule has 13 nitrogen and oxygen atoms in total. The highest BCUT2D eigenvalue weighted by Crippen LogP contribution is 2.37. The van der Waals surface area contributed by atoms with E-state index in [1.807, 2.05) is 51.2 Å². The number of carbonyl (C=O) groups is 5. The van der Waals surface area contributed by atoms with Gasteiger partial charge in [0.05, 0.1) is 18.3 Å². The number of hydrogen-bond donors (Lipinski definition) is 3. The Hall–Kier alpha value is -3.33. The Morgan fingerprint density at radius 2 is 1.60 bits per heavy atom. The van der Waals surface area contributed by atoms with Crippen LogP contribution < -0.4 is 0 Å². The van der Waals surface area contributed by atoms with E-state index in [1.165, 1.54) is 12.0 Å². The van der Waals surface area contributed by atoms with E-state index in [4.69, 9.17) is 18.9 Å². The topological polar surface area (TPSA) is 186 Å². The van der Waals surface area contributed by atoms with Gasteiger partial charge in [0.15, 0.2) is 5.78 Å². The molecule has 0 aromatic rings. The van der Waals surface area contributed by atoms with E-state index < -0.39 is 77.8 Å². The van der Waals surface area contributed by atoms with Gasteiger partial charge in [0.1, 0.15) is 30.1 Å². The molecule has 1 aliphatic carbocycles. The normalized spacial score (nSPS) is 40.0. The summed E-state index contributed by atoms with van der Waals surface area (Å²) in [7, 11) is 2.95. The predicted molar refractivity (Wildman–Crippen MR) is 234 cm³/mol. The quantitative estimate of drug-likeness (QED) is 0.159. The van der Waals surface area contributed by atoms with Crippen LogP contribution in [0.25, 0.3) is 0 Å². The van der Waals surface area contributed by atoms with Crippen molar-refractivity contribution in [1.82, 2.24) is 4.90 Å². The highest BCUT2D eigenvalue weighted by Gasteiger charge is 2.52. The van der Waals surface area contributed by atoms with Crippen LogP contribution in [0.1, 0.15) is 131 Å². The molecule has 0 aromatic carbocycles. The number of allylic oxidation sites excluding steroid dienone is 7. The van der Waals surface area contributed by atoms with Crippen LogP contribution in [-0.4, -0.2) is 119 Å². The van der Waals surface area contributed by atoms with Crippen LogP contribution in [-0.2, 0) is 42.9 Å². The minimum absolute atomic E-state index is 0.0525. The number of ketones is 3. The zero-order valence-corrected chi connectivity index (χ0v) is 38.5. The van der Waals surface area contributed by atoms with Crippen LogP contribution in [0.15, 0.2) is 47.6 Å². The molecular formula is C49H75NO12. The van der Waals surface area contributed by atoms with Crippen molar-refractivity contribution in [3.63, 3.8) is 0 Å². The largest absolute Gasteiger partial charge is 0.460 e. The Bertz CT molecular complexity index is 1670. The molecule has 3 aliphatic heterocycles. The van der Waals surface area contributed by atoms with Gasteiger partial charge in [-0.1, -0.05) is 69.7 Å². The number of piperidine rings is 1. The van der Waals surface area contributed by atoms with Crippen molar-refractivity contribution in [3.8, 4) is 0 Å². The average molecular weight is 870 g/mol. The number of carbonyl (C=O) groups excluding carboxylic acids is 5. The number of cyclic esters (lactones) is 1. The summed E-state index contributed by atoms with van der Waals surface area (Å²) in [5.41, 5.74) is 1.46. The molecule has 4 aliphatic rings. The first-order valence-corrected chi connectivity index (χ1v) is 23.0. The molecule has 3 fully saturated rings. The first-order chi connectivity index (χ1) is 29.4. The zero-order valence-electron chi connectivity index (χ0n) is 38.5. The van der Waals surface area contributed by atoms with Crippen molar-refractivity contribution in [2.45, 2.75) is 180 Å². The fourth-order valence-corrected chi connectivity index (χ4v) is 9.50. The van der Waals surface area contributed by atoms with Crippen LogP contribution in [0, 0.1) is 29.6 Å². The third-order valence-electron chi connectivity index (χ3n) is 13.7. The number of nitrogens with zero attached hydrogens (tertiary/aromatic N) is 1. The lowest BCUT2D eigenvalue weighted by Gasteiger charge is -2.42. The molecule has 0 unspecified atom stereocenters. The number of rotatable bonds is 5. The summed E-state index contributed by atoms with van der Waals surface area (Å²) in [6.45, 7) is 11.0. The monoisotopic (exact) mass is 870 g/mol. The summed E-state index contributed by atoms with van der Waals surface area (Å²) in [4.78, 5) is 71.0. The number of amides is 1. The van der Waals surface area contributed by atoms with Crippen LogP contribution in [0.3, 0.4) is 0 Å². The maximum Gasteiger partial charge on any atom is 0.329 e. The number of aliphatic hydroxyl groups excluding tert-OH is 2. The van der Waals surface area contributed by atoms with Crippen LogP contribution in [0.4, 0.5) is 0 Å². The lowest BCUT2D eigenvalue weighted by molar-refractivity contribution is -0.263. The van der Waals surface area contributed by atoms with Gasteiger partial charge in [0.25, 0.3) is 11.7 Å². The number of esters is 1. The standard InChI is InChI=1S/C49H75NO12/c1-30-14-10-9-11-15-31(2)26-33(4)43(53)45(60-8)44(54)34(5)27-32(3)41(52)29-38(23-19-36-20-24-40(51)42(28-36)59-7)61-48(57)39-16-12-13-25-50(39)47(56)46(55)49(58)35(6)18-22-37(62-49)21-17-30/h9-11,14-15,27,31-33,35-40,42,44-45,51,54,58H,12-13,16-26,28-29H2,1-8H3/b10-9+,15-11+,30-14+,34-27+/t31-,32-,33-,35-,36-,37-,38-,39+,40-,42-,44-,45+,49-/m1/s1. The Kier molecular flexibility index (Phi) is 19.9. The van der Waals surface area contributed by atoms with Crippen molar-refractivity contribution in [2.24, 2.45) is 29.6 Å². The second kappa shape index (κ2) is 24.1. The van der Waals surface area contributed by atoms with Gasteiger partial charge < -0.3 is 39.2 Å². The highest BCUT2D eigenvalue weighted by atomic mass is 16.6. The predicted octanol–water partition coefficient (Wildman–Crippen LogP) is 6.31. The molecule has 62 heavy (non-hydrogen) atoms. The molecule has 4 rings (SSSR count). The van der Waals surface area contributed by atoms with Crippen molar-refractivity contribution >= 4 is 29.2 Å². The smallest absolute Gasteiger partial charge is 0.329 e. The van der Waals surface area contributed by atoms with Gasteiger partial charge in [-0.15, -0.1) is 0 Å². The number of aliphatic hydroxyl groups is 3. The lowest BCUT2D eigenvalue weighted by atomic mass is 9.81. The summed E-state index contributed by atoms with van der Waals surface area (Å²) < 4.78 is 23.3. The van der Waals surface area contributed by atoms with E-state index in [0.717, 1.165) is 12.0 Å². The average Bonchev–Trinajstić information content (AvgIpc) is 3.25. The SMILES string of the molecule is CO[C@@H]1C[C@H](CC[C@@H]2CC(=O)[C@H](C)/C=C(\C)[C@@H](O)[C@@H](OC)C(=O)[C@H](C)C[C@H](C)/C=C/C=C/C=C(\C)CC[C@@H]3CC[C@@H](C)[C@@](O)(O3)C(=O)C(=O)N3CCCC[C@H]3C(=O)O2)CC[C@H]1O. The van der Waals surface area contributed by atoms with Crippen molar-refractivity contribution in [3.05, 3.63) is 47.6 Å². The second-order valence-electron chi connectivity index (χ2n) is 18.7. The molecule has 1 amide bonds. The molecule has 2 saturated heterocycles. The summed E-state index contributed by atoms with van der Waals surface area (Å²) in [6.07, 6.45) is 13.6. The maximum atomic E-state index is 14.2. The summed E-state index contributed by atoms with van der Waals surface area (Å²) in [6, 6.07) is -1.10. The van der Waals surface area contributed by atoms with Gasteiger partial charge >= 0.3 is 5.97 Å². The molecule has 13 atom stereocenters. The van der Waals surface area contributed by atoms with Crippen LogP contribution in [0.2, 0.25) is 0 Å². The Morgan fingerprint density at radius 1 is 0.855 bits per heavy atom. The van der Waals surface area contributed by atoms with E-state index in [1.54, 1.807) is 34.0 Å². The molecule has 0 aromatic heterocycles. The lowest BCUT2D eigenvalue weighted by Crippen LogP contribution is -2.60. The third-order valence-corrected chi connectivity index (χ3v) is 13.7. The minimum atomic E-state index is -2.35. The second-order valence-corrected chi connectivity index (χ2v) is 18.7. The molecule has 3 heterocycles. The van der Waals surface area contributed by atoms with Crippen molar-refractivity contribution < 1.29 is 58.2 Å². The third kappa shape index (κ3) is 13.8. The molecular weight excluding hydrogens is 795 g/mol. The first kappa shape index (κ1) is 51.3. The first-order valence-electron chi connectivity index (χ1n) is 23.0. The van der Waals surface area contributed by atoms with Crippen LogP contribution in [0.5, 0.6) is 0 Å². The van der Waals surface area contributed by atoms with E-state index in [0.29, 0.717) is 76.2 Å². The molecule has 348 valence electrons. The number of ether oxygens (including phenoxy) is 4. The number of hydrogen-bond acceptors (Lipinski definition) is 12. The minimum Gasteiger partial charge on any atom is -0.460 e. The van der Waals surface area contributed by atoms with Crippen LogP contribution >= 0.6 is 0 Å². The Labute approximate surface area is 369 Å². The number of methoxy groups -OCH3 is 2. The fourth-order valence-electron chi connectivity index (χ4n) is 9.50. The number of Topliss-reactive ketones (excluding diaryl/α,β-unsaturated/α-hetero) is 3. The molecule has 3 N–H and O–H groups in total. The fraction of sp³-hybridized carbons (Fsp3) is 0.735. The van der Waals surface area contributed by atoms with E-state index >= 15 is 0 Å². The van der Waals surface area contributed by atoms with Gasteiger partial charge in [0, 0.05) is 44.9 Å². The summed E-state index contributed by atoms with van der Waals surface area (Å²) >= 11 is 0. The highest BCUT2D eigenvalue weighted by molar-refractivity contribution is 6.39. The van der Waals surface area contributed by atoms with Crippen molar-refractivity contribution in [2.75, 3.05) is 20.8 Å². The molecule has 13 heteroatoms. The molecule has 0 spiro atoms.